The quantitative estimate of drug-likeness (QED) is 0.266. The normalized spacial score (nSPS) is 12.6. The van der Waals surface area contributed by atoms with Gasteiger partial charge < -0.3 is 24.1 Å². The van der Waals surface area contributed by atoms with Crippen molar-refractivity contribution in [3.8, 4) is 23.0 Å². The number of allylic oxidation sites excluding steroid dienone is 3. The zero-order chi connectivity index (χ0) is 25.6. The second-order valence-electron chi connectivity index (χ2n) is 7.74. The summed E-state index contributed by atoms with van der Waals surface area (Å²) >= 11 is 0. The minimum absolute atomic E-state index is 0.409. The van der Waals surface area contributed by atoms with Crippen LogP contribution in [0.3, 0.4) is 0 Å². The molecule has 0 amide bonds. The maximum Gasteiger partial charge on any atom is 0.136 e. The summed E-state index contributed by atoms with van der Waals surface area (Å²) in [5.41, 5.74) is 2.47. The van der Waals surface area contributed by atoms with E-state index in [0.717, 1.165) is 11.1 Å². The fraction of sp³-hybridized carbons (Fsp3) is 0.161. The Morgan fingerprint density at radius 3 is 2.00 bits per heavy atom. The van der Waals surface area contributed by atoms with E-state index in [0.29, 0.717) is 35.2 Å². The molecule has 36 heavy (non-hydrogen) atoms. The third-order valence-corrected chi connectivity index (χ3v) is 5.00. The lowest BCUT2D eigenvalue weighted by Crippen LogP contribution is -1.99. The number of benzene rings is 3. The molecule has 1 unspecified atom stereocenters. The van der Waals surface area contributed by atoms with Gasteiger partial charge in [-0.2, -0.15) is 0 Å². The van der Waals surface area contributed by atoms with Crippen LogP contribution in [0.5, 0.6) is 23.0 Å². The van der Waals surface area contributed by atoms with Gasteiger partial charge in [-0.3, -0.25) is 0 Å². The summed E-state index contributed by atoms with van der Waals surface area (Å²) in [5, 5.41) is 11.0. The van der Waals surface area contributed by atoms with Gasteiger partial charge in [-0.1, -0.05) is 60.7 Å². The summed E-state index contributed by atoms with van der Waals surface area (Å²) in [6.45, 7) is 6.03. The average Bonchev–Trinajstić information content (AvgIpc) is 2.92. The van der Waals surface area contributed by atoms with E-state index >= 15 is 0 Å². The SMILES string of the molecule is CC=COc1ccc(C=CC(O)c2ccc(OC=CC)cc2OC=CC)c(OCc2ccccc2)c1. The lowest BCUT2D eigenvalue weighted by Gasteiger charge is -2.14. The molecule has 1 atom stereocenters. The van der Waals surface area contributed by atoms with Crippen molar-refractivity contribution < 1.29 is 24.1 Å². The van der Waals surface area contributed by atoms with Gasteiger partial charge in [-0.15, -0.1) is 0 Å². The number of hydrogen-bond acceptors (Lipinski definition) is 5. The molecule has 0 radical (unpaired) electrons. The van der Waals surface area contributed by atoms with Crippen LogP contribution in [-0.4, -0.2) is 5.11 Å². The molecule has 0 spiro atoms. The standard InChI is InChI=1S/C31H32O5/c1-4-18-33-26-14-12-25(30(21-26)36-23-24-10-8-7-9-11-24)13-17-29(32)28-16-15-27(34-19-5-2)22-31(28)35-20-6-3/h4-22,29,32H,23H2,1-3H3. The Labute approximate surface area is 213 Å². The molecule has 0 fully saturated rings. The van der Waals surface area contributed by atoms with Crippen LogP contribution in [-0.2, 0) is 6.61 Å². The van der Waals surface area contributed by atoms with E-state index in [-0.39, 0.29) is 0 Å². The van der Waals surface area contributed by atoms with Crippen LogP contribution < -0.4 is 18.9 Å². The molecule has 0 heterocycles. The Balaban J connectivity index is 1.86. The van der Waals surface area contributed by atoms with E-state index in [1.54, 1.807) is 55.2 Å². The van der Waals surface area contributed by atoms with Crippen molar-refractivity contribution in [3.63, 3.8) is 0 Å². The maximum absolute atomic E-state index is 11.0. The number of aliphatic hydroxyl groups excluding tert-OH is 1. The Morgan fingerprint density at radius 2 is 1.33 bits per heavy atom. The van der Waals surface area contributed by atoms with E-state index in [9.17, 15) is 5.11 Å². The first-order valence-corrected chi connectivity index (χ1v) is 11.8. The van der Waals surface area contributed by atoms with E-state index in [1.165, 1.54) is 0 Å². The van der Waals surface area contributed by atoms with Crippen LogP contribution in [0.15, 0.2) is 110 Å². The van der Waals surface area contributed by atoms with Gasteiger partial charge in [0.25, 0.3) is 0 Å². The van der Waals surface area contributed by atoms with Crippen LogP contribution in [0.4, 0.5) is 0 Å². The molecule has 0 bridgehead atoms. The fourth-order valence-corrected chi connectivity index (χ4v) is 3.25. The molecule has 0 saturated heterocycles. The van der Waals surface area contributed by atoms with Gasteiger partial charge in [-0.05, 0) is 50.6 Å². The Bertz CT molecular complexity index is 1210. The first kappa shape index (κ1) is 26.4. The maximum atomic E-state index is 11.0. The topological polar surface area (TPSA) is 57.2 Å². The summed E-state index contributed by atoms with van der Waals surface area (Å²) in [6.07, 6.45) is 12.8. The largest absolute Gasteiger partial charge is 0.488 e. The van der Waals surface area contributed by atoms with Gasteiger partial charge in [0, 0.05) is 23.3 Å². The first-order chi connectivity index (χ1) is 17.6. The number of aliphatic hydroxyl groups is 1. The lowest BCUT2D eigenvalue weighted by molar-refractivity contribution is 0.225. The minimum Gasteiger partial charge on any atom is -0.488 e. The number of ether oxygens (including phenoxy) is 4. The van der Waals surface area contributed by atoms with Crippen molar-refractivity contribution in [1.82, 2.24) is 0 Å². The molecular weight excluding hydrogens is 452 g/mol. The van der Waals surface area contributed by atoms with Crippen molar-refractivity contribution >= 4 is 6.08 Å². The highest BCUT2D eigenvalue weighted by Crippen LogP contribution is 2.33. The predicted molar refractivity (Wildman–Crippen MR) is 144 cm³/mol. The zero-order valence-corrected chi connectivity index (χ0v) is 20.8. The highest BCUT2D eigenvalue weighted by molar-refractivity contribution is 5.60. The lowest BCUT2D eigenvalue weighted by atomic mass is 10.1. The Morgan fingerprint density at radius 1 is 0.722 bits per heavy atom. The zero-order valence-electron chi connectivity index (χ0n) is 20.8. The van der Waals surface area contributed by atoms with Gasteiger partial charge in [0.2, 0.25) is 0 Å². The van der Waals surface area contributed by atoms with Gasteiger partial charge in [0.1, 0.15) is 35.7 Å². The third-order valence-electron chi connectivity index (χ3n) is 5.00. The average molecular weight is 485 g/mol. The second kappa shape index (κ2) is 14.2. The Kier molecular flexibility index (Phi) is 10.4. The van der Waals surface area contributed by atoms with Gasteiger partial charge >= 0.3 is 0 Å². The van der Waals surface area contributed by atoms with Gasteiger partial charge in [0.15, 0.2) is 0 Å². The van der Waals surface area contributed by atoms with E-state index in [1.807, 2.05) is 81.5 Å². The van der Waals surface area contributed by atoms with Crippen molar-refractivity contribution in [2.45, 2.75) is 33.5 Å². The highest BCUT2D eigenvalue weighted by atomic mass is 16.5. The fourth-order valence-electron chi connectivity index (χ4n) is 3.25. The molecule has 1 N–H and O–H groups in total. The molecule has 3 aromatic carbocycles. The first-order valence-electron chi connectivity index (χ1n) is 11.8. The van der Waals surface area contributed by atoms with Crippen molar-refractivity contribution in [1.29, 1.82) is 0 Å². The van der Waals surface area contributed by atoms with Crippen molar-refractivity contribution in [2.24, 2.45) is 0 Å². The molecule has 3 rings (SSSR count). The monoisotopic (exact) mass is 484 g/mol. The highest BCUT2D eigenvalue weighted by Gasteiger charge is 2.13. The molecule has 3 aromatic rings. The van der Waals surface area contributed by atoms with Gasteiger partial charge in [-0.25, -0.2) is 0 Å². The van der Waals surface area contributed by atoms with E-state index in [2.05, 4.69) is 0 Å². The van der Waals surface area contributed by atoms with E-state index in [4.69, 9.17) is 18.9 Å². The summed E-state index contributed by atoms with van der Waals surface area (Å²) in [7, 11) is 0. The van der Waals surface area contributed by atoms with Crippen LogP contribution in [0, 0.1) is 0 Å². The molecule has 0 aliphatic rings. The molecule has 0 aliphatic heterocycles. The van der Waals surface area contributed by atoms with Crippen LogP contribution in [0.1, 0.15) is 43.6 Å². The predicted octanol–water partition coefficient (Wildman–Crippen LogP) is 7.75. The smallest absolute Gasteiger partial charge is 0.136 e. The van der Waals surface area contributed by atoms with Crippen LogP contribution >= 0.6 is 0 Å². The summed E-state index contributed by atoms with van der Waals surface area (Å²) in [4.78, 5) is 0. The van der Waals surface area contributed by atoms with Crippen molar-refractivity contribution in [2.75, 3.05) is 0 Å². The molecule has 5 nitrogen and oxygen atoms in total. The summed E-state index contributed by atoms with van der Waals surface area (Å²) in [5.74, 6) is 2.42. The molecule has 0 saturated carbocycles. The van der Waals surface area contributed by atoms with E-state index < -0.39 is 6.10 Å². The molecular formula is C31H32O5. The minimum atomic E-state index is -0.915. The molecule has 5 heteroatoms. The second-order valence-corrected chi connectivity index (χ2v) is 7.74. The summed E-state index contributed by atoms with van der Waals surface area (Å²) < 4.78 is 23.0. The van der Waals surface area contributed by atoms with Crippen molar-refractivity contribution in [3.05, 3.63) is 127 Å². The number of rotatable bonds is 12. The molecule has 0 aliphatic carbocycles. The van der Waals surface area contributed by atoms with Crippen LogP contribution in [0.2, 0.25) is 0 Å². The third kappa shape index (κ3) is 7.93. The van der Waals surface area contributed by atoms with Crippen LogP contribution in [0.25, 0.3) is 6.08 Å². The Hall–Kier alpha value is -4.22. The number of hydrogen-bond donors (Lipinski definition) is 1. The molecule has 0 aromatic heterocycles. The summed E-state index contributed by atoms with van der Waals surface area (Å²) in [6, 6.07) is 20.8. The molecule has 186 valence electrons. The van der Waals surface area contributed by atoms with Gasteiger partial charge in [0.05, 0.1) is 18.8 Å².